The second-order valence-electron chi connectivity index (χ2n) is 5.72. The minimum absolute atomic E-state index is 0.205. The molecule has 10 heteroatoms. The lowest BCUT2D eigenvalue weighted by Crippen LogP contribution is -2.24. The molecule has 2 aromatic heterocycles. The van der Waals surface area contributed by atoms with Gasteiger partial charge in [-0.25, -0.2) is 9.67 Å². The summed E-state index contributed by atoms with van der Waals surface area (Å²) in [4.78, 5) is 16.4. The van der Waals surface area contributed by atoms with Gasteiger partial charge in [0, 0.05) is 6.20 Å². The zero-order valence-corrected chi connectivity index (χ0v) is 16.2. The molecule has 1 aromatic carbocycles. The molecular formula is C16H15Cl3N6O. The topological polar surface area (TPSA) is 77.6 Å². The number of halogens is 3. The number of carbonyl (C=O) groups is 1. The van der Waals surface area contributed by atoms with Gasteiger partial charge in [0.25, 0.3) is 5.91 Å². The molecule has 1 atom stereocenters. The highest BCUT2D eigenvalue weighted by atomic mass is 35.5. The van der Waals surface area contributed by atoms with Gasteiger partial charge in [-0.1, -0.05) is 40.9 Å². The maximum atomic E-state index is 12.3. The number of benzene rings is 1. The first-order valence-corrected chi connectivity index (χ1v) is 8.82. The van der Waals surface area contributed by atoms with Crippen molar-refractivity contribution < 1.29 is 4.79 Å². The Balaban J connectivity index is 1.65. The molecule has 0 aliphatic rings. The predicted molar refractivity (Wildman–Crippen MR) is 101 cm³/mol. The number of amides is 1. The summed E-state index contributed by atoms with van der Waals surface area (Å²) >= 11 is 17.9. The van der Waals surface area contributed by atoms with Crippen LogP contribution in [0.3, 0.4) is 0 Å². The Morgan fingerprint density at radius 3 is 2.62 bits per heavy atom. The van der Waals surface area contributed by atoms with E-state index < -0.39 is 6.04 Å². The van der Waals surface area contributed by atoms with Gasteiger partial charge in [0.1, 0.15) is 12.4 Å². The summed E-state index contributed by atoms with van der Waals surface area (Å²) in [5, 5.41) is 12.6. The SMILES string of the molecule is Cc1nn(C(C)C(=O)Nc2ncn(Cc3ccc(Cl)c(Cl)c3)n2)cc1Cl. The Kier molecular flexibility index (Phi) is 5.50. The molecule has 26 heavy (non-hydrogen) atoms. The summed E-state index contributed by atoms with van der Waals surface area (Å²) < 4.78 is 3.09. The largest absolute Gasteiger partial charge is 0.291 e. The van der Waals surface area contributed by atoms with Crippen LogP contribution in [0.15, 0.2) is 30.7 Å². The maximum Gasteiger partial charge on any atom is 0.251 e. The van der Waals surface area contributed by atoms with Crippen molar-refractivity contribution in [3.05, 3.63) is 57.0 Å². The predicted octanol–water partition coefficient (Wildman–Crippen LogP) is 3.99. The highest BCUT2D eigenvalue weighted by Crippen LogP contribution is 2.23. The van der Waals surface area contributed by atoms with Gasteiger partial charge in [-0.3, -0.25) is 14.8 Å². The zero-order valence-electron chi connectivity index (χ0n) is 13.9. The fourth-order valence-electron chi connectivity index (χ4n) is 2.25. The third-order valence-electron chi connectivity index (χ3n) is 3.73. The van der Waals surface area contributed by atoms with Crippen LogP contribution in [0.1, 0.15) is 24.2 Å². The van der Waals surface area contributed by atoms with Crippen LogP contribution in [0.4, 0.5) is 5.95 Å². The first-order chi connectivity index (χ1) is 12.3. The monoisotopic (exact) mass is 412 g/mol. The van der Waals surface area contributed by atoms with E-state index in [9.17, 15) is 4.79 Å². The van der Waals surface area contributed by atoms with Crippen molar-refractivity contribution in [3.63, 3.8) is 0 Å². The molecule has 7 nitrogen and oxygen atoms in total. The first kappa shape index (κ1) is 18.7. The second kappa shape index (κ2) is 7.65. The second-order valence-corrected chi connectivity index (χ2v) is 6.94. The number of aromatic nitrogens is 5. The Hall–Kier alpha value is -2.09. The molecule has 0 fully saturated rings. The number of hydrogen-bond acceptors (Lipinski definition) is 4. The minimum Gasteiger partial charge on any atom is -0.291 e. The number of carbonyl (C=O) groups excluding carboxylic acids is 1. The molecule has 3 rings (SSSR count). The smallest absolute Gasteiger partial charge is 0.251 e. The van der Waals surface area contributed by atoms with Crippen LogP contribution in [0.5, 0.6) is 0 Å². The molecule has 136 valence electrons. The molecule has 2 heterocycles. The Morgan fingerprint density at radius 1 is 1.19 bits per heavy atom. The van der Waals surface area contributed by atoms with Gasteiger partial charge in [0.05, 0.1) is 27.3 Å². The van der Waals surface area contributed by atoms with Gasteiger partial charge in [0.15, 0.2) is 0 Å². The van der Waals surface area contributed by atoms with Gasteiger partial charge >= 0.3 is 0 Å². The summed E-state index contributed by atoms with van der Waals surface area (Å²) in [7, 11) is 0. The Bertz CT molecular complexity index is 932. The molecule has 0 aliphatic carbocycles. The molecule has 0 spiro atoms. The van der Waals surface area contributed by atoms with Gasteiger partial charge in [-0.05, 0) is 31.5 Å². The van der Waals surface area contributed by atoms with E-state index in [4.69, 9.17) is 34.8 Å². The van der Waals surface area contributed by atoms with Crippen LogP contribution < -0.4 is 5.32 Å². The number of rotatable bonds is 5. The highest BCUT2D eigenvalue weighted by Gasteiger charge is 2.18. The fourth-order valence-corrected chi connectivity index (χ4v) is 2.70. The molecule has 0 aliphatic heterocycles. The molecule has 1 amide bonds. The highest BCUT2D eigenvalue weighted by molar-refractivity contribution is 6.42. The summed E-state index contributed by atoms with van der Waals surface area (Å²) in [6.45, 7) is 3.93. The molecule has 0 radical (unpaired) electrons. The third kappa shape index (κ3) is 4.17. The summed E-state index contributed by atoms with van der Waals surface area (Å²) in [5.74, 6) is -0.0895. The lowest BCUT2D eigenvalue weighted by Gasteiger charge is -2.10. The minimum atomic E-state index is -0.553. The molecule has 1 N–H and O–H groups in total. The van der Waals surface area contributed by atoms with Crippen molar-refractivity contribution in [2.24, 2.45) is 0 Å². The van der Waals surface area contributed by atoms with E-state index in [1.807, 2.05) is 6.07 Å². The summed E-state index contributed by atoms with van der Waals surface area (Å²) in [5.41, 5.74) is 1.58. The Morgan fingerprint density at radius 2 is 1.96 bits per heavy atom. The molecule has 0 saturated carbocycles. The van der Waals surface area contributed by atoms with Crippen molar-refractivity contribution in [2.75, 3.05) is 5.32 Å². The van der Waals surface area contributed by atoms with E-state index in [0.29, 0.717) is 27.3 Å². The average Bonchev–Trinajstić information content (AvgIpc) is 3.17. The average molecular weight is 414 g/mol. The van der Waals surface area contributed by atoms with Crippen molar-refractivity contribution in [3.8, 4) is 0 Å². The van der Waals surface area contributed by atoms with Gasteiger partial charge in [-0.2, -0.15) is 5.10 Å². The van der Waals surface area contributed by atoms with E-state index in [0.717, 1.165) is 5.56 Å². The normalized spacial score (nSPS) is 12.2. The molecule has 0 saturated heterocycles. The van der Waals surface area contributed by atoms with Crippen molar-refractivity contribution >= 4 is 46.7 Å². The zero-order chi connectivity index (χ0) is 18.8. The van der Waals surface area contributed by atoms with E-state index in [1.54, 1.807) is 36.9 Å². The van der Waals surface area contributed by atoms with Crippen molar-refractivity contribution in [1.29, 1.82) is 0 Å². The standard InChI is InChI=1S/C16H15Cl3N6O/c1-9-14(19)7-25(22-9)10(2)15(26)21-16-20-8-24(23-16)6-11-3-4-12(17)13(18)5-11/h3-5,7-8,10H,6H2,1-2H3,(H,21,23,26). The van der Waals surface area contributed by atoms with Gasteiger partial charge < -0.3 is 0 Å². The number of anilines is 1. The van der Waals surface area contributed by atoms with Crippen LogP contribution in [-0.4, -0.2) is 30.5 Å². The van der Waals surface area contributed by atoms with E-state index >= 15 is 0 Å². The molecule has 0 bridgehead atoms. The fraction of sp³-hybridized carbons (Fsp3) is 0.250. The molecule has 1 unspecified atom stereocenters. The van der Waals surface area contributed by atoms with Gasteiger partial charge in [-0.15, -0.1) is 5.10 Å². The maximum absolute atomic E-state index is 12.3. The lowest BCUT2D eigenvalue weighted by molar-refractivity contribution is -0.119. The van der Waals surface area contributed by atoms with Crippen LogP contribution in [-0.2, 0) is 11.3 Å². The van der Waals surface area contributed by atoms with Crippen LogP contribution in [0.25, 0.3) is 0 Å². The van der Waals surface area contributed by atoms with E-state index in [2.05, 4.69) is 20.5 Å². The molecule has 3 aromatic rings. The van der Waals surface area contributed by atoms with Crippen molar-refractivity contribution in [1.82, 2.24) is 24.5 Å². The van der Waals surface area contributed by atoms with Crippen LogP contribution >= 0.6 is 34.8 Å². The van der Waals surface area contributed by atoms with E-state index in [-0.39, 0.29) is 11.9 Å². The van der Waals surface area contributed by atoms with Crippen LogP contribution in [0, 0.1) is 6.92 Å². The molecular weight excluding hydrogens is 399 g/mol. The third-order valence-corrected chi connectivity index (χ3v) is 4.84. The lowest BCUT2D eigenvalue weighted by atomic mass is 10.2. The quantitative estimate of drug-likeness (QED) is 0.686. The summed E-state index contributed by atoms with van der Waals surface area (Å²) in [6.07, 6.45) is 3.13. The first-order valence-electron chi connectivity index (χ1n) is 7.69. The van der Waals surface area contributed by atoms with Crippen molar-refractivity contribution in [2.45, 2.75) is 26.4 Å². The number of nitrogens with one attached hydrogen (secondary N) is 1. The Labute approximate surface area is 164 Å². The number of hydrogen-bond donors (Lipinski definition) is 1. The number of nitrogens with zero attached hydrogens (tertiary/aromatic N) is 5. The van der Waals surface area contributed by atoms with Gasteiger partial charge in [0.2, 0.25) is 5.95 Å². The van der Waals surface area contributed by atoms with Crippen LogP contribution in [0.2, 0.25) is 15.1 Å². The number of aryl methyl sites for hydroxylation is 1. The summed E-state index contributed by atoms with van der Waals surface area (Å²) in [6, 6.07) is 4.77. The van der Waals surface area contributed by atoms with E-state index in [1.165, 1.54) is 11.0 Å².